The summed E-state index contributed by atoms with van der Waals surface area (Å²) in [6.45, 7) is 2.36. The van der Waals surface area contributed by atoms with Crippen molar-refractivity contribution in [2.24, 2.45) is 0 Å². The van der Waals surface area contributed by atoms with Gasteiger partial charge in [0.1, 0.15) is 16.3 Å². The molecule has 3 rings (SSSR count). The molecule has 28 heavy (non-hydrogen) atoms. The van der Waals surface area contributed by atoms with E-state index in [-0.39, 0.29) is 11.0 Å². The zero-order valence-corrected chi connectivity index (χ0v) is 16.1. The van der Waals surface area contributed by atoms with Crippen LogP contribution in [-0.4, -0.2) is 23.6 Å². The van der Waals surface area contributed by atoms with Gasteiger partial charge in [0.2, 0.25) is 5.95 Å². The zero-order chi connectivity index (χ0) is 20.1. The number of hydrogen-bond donors (Lipinski definition) is 0. The molecule has 3 aromatic rings. The molecule has 0 aliphatic heterocycles. The maximum Gasteiger partial charge on any atom is 0.420 e. The minimum atomic E-state index is -4.54. The monoisotopic (exact) mass is 405 g/mol. The van der Waals surface area contributed by atoms with Crippen molar-refractivity contribution in [1.29, 1.82) is 0 Å². The Kier molecular flexibility index (Phi) is 6.08. The van der Waals surface area contributed by atoms with Crippen LogP contribution < -0.4 is 9.64 Å². The highest BCUT2D eigenvalue weighted by Gasteiger charge is 2.35. The van der Waals surface area contributed by atoms with E-state index in [2.05, 4.69) is 9.97 Å². The van der Waals surface area contributed by atoms with Crippen molar-refractivity contribution in [3.8, 4) is 5.75 Å². The van der Waals surface area contributed by atoms with Crippen molar-refractivity contribution >= 4 is 23.4 Å². The van der Waals surface area contributed by atoms with E-state index < -0.39 is 11.7 Å². The third-order valence-corrected chi connectivity index (χ3v) is 4.94. The van der Waals surface area contributed by atoms with Crippen molar-refractivity contribution in [2.45, 2.75) is 23.0 Å². The lowest BCUT2D eigenvalue weighted by molar-refractivity contribution is -0.140. The van der Waals surface area contributed by atoms with Crippen LogP contribution in [-0.2, 0) is 6.18 Å². The molecule has 1 aromatic heterocycles. The summed E-state index contributed by atoms with van der Waals surface area (Å²) in [6.07, 6.45) is -3.70. The maximum atomic E-state index is 13.5. The SMILES string of the molecule is CCN(c1cccc(OC)c1)c1ncc(C(F)(F)F)c(Sc2ccccc2)n1. The van der Waals surface area contributed by atoms with Gasteiger partial charge in [0, 0.05) is 29.4 Å². The maximum absolute atomic E-state index is 13.5. The smallest absolute Gasteiger partial charge is 0.420 e. The van der Waals surface area contributed by atoms with Gasteiger partial charge in [-0.1, -0.05) is 36.0 Å². The average molecular weight is 405 g/mol. The second kappa shape index (κ2) is 8.52. The predicted molar refractivity (Wildman–Crippen MR) is 103 cm³/mol. The second-order valence-corrected chi connectivity index (χ2v) is 6.81. The van der Waals surface area contributed by atoms with E-state index in [1.54, 1.807) is 54.5 Å². The summed E-state index contributed by atoms with van der Waals surface area (Å²) < 4.78 is 45.6. The topological polar surface area (TPSA) is 38.2 Å². The first-order valence-corrected chi connectivity index (χ1v) is 9.32. The fourth-order valence-corrected chi connectivity index (χ4v) is 3.50. The Labute approximate surface area is 165 Å². The normalized spacial score (nSPS) is 11.3. The van der Waals surface area contributed by atoms with Crippen LogP contribution in [0.5, 0.6) is 5.75 Å². The first kappa shape index (κ1) is 20.0. The van der Waals surface area contributed by atoms with Gasteiger partial charge in [0.05, 0.1) is 7.11 Å². The van der Waals surface area contributed by atoms with Crippen LogP contribution in [0.3, 0.4) is 0 Å². The third-order valence-electron chi connectivity index (χ3n) is 3.93. The summed E-state index contributed by atoms with van der Waals surface area (Å²) in [4.78, 5) is 10.6. The summed E-state index contributed by atoms with van der Waals surface area (Å²) in [5.41, 5.74) is -0.121. The number of methoxy groups -OCH3 is 1. The number of ether oxygens (including phenoxy) is 1. The van der Waals surface area contributed by atoms with Crippen molar-refractivity contribution < 1.29 is 17.9 Å². The van der Waals surface area contributed by atoms with Crippen LogP contribution in [0, 0.1) is 0 Å². The molecule has 0 saturated heterocycles. The zero-order valence-electron chi connectivity index (χ0n) is 15.3. The average Bonchev–Trinajstić information content (AvgIpc) is 2.69. The molecule has 0 unspecified atom stereocenters. The van der Waals surface area contributed by atoms with Gasteiger partial charge >= 0.3 is 6.18 Å². The molecular weight excluding hydrogens is 387 g/mol. The molecule has 0 aliphatic rings. The highest BCUT2D eigenvalue weighted by Crippen LogP contribution is 2.39. The molecular formula is C20H18F3N3OS. The van der Waals surface area contributed by atoms with Gasteiger partial charge in [-0.25, -0.2) is 9.97 Å². The van der Waals surface area contributed by atoms with Gasteiger partial charge in [-0.15, -0.1) is 0 Å². The van der Waals surface area contributed by atoms with E-state index in [4.69, 9.17) is 4.74 Å². The summed E-state index contributed by atoms with van der Waals surface area (Å²) in [6, 6.07) is 16.0. The number of benzene rings is 2. The summed E-state index contributed by atoms with van der Waals surface area (Å²) >= 11 is 0.964. The van der Waals surface area contributed by atoms with Crippen LogP contribution in [0.25, 0.3) is 0 Å². The van der Waals surface area contributed by atoms with Crippen molar-refractivity contribution in [1.82, 2.24) is 9.97 Å². The molecule has 0 amide bonds. The molecule has 0 aliphatic carbocycles. The fraction of sp³-hybridized carbons (Fsp3) is 0.200. The Hall–Kier alpha value is -2.74. The van der Waals surface area contributed by atoms with Gasteiger partial charge in [-0.3, -0.25) is 0 Å². The molecule has 146 valence electrons. The molecule has 0 fully saturated rings. The molecule has 0 saturated carbocycles. The lowest BCUT2D eigenvalue weighted by atomic mass is 10.2. The Morgan fingerprint density at radius 2 is 1.82 bits per heavy atom. The second-order valence-electron chi connectivity index (χ2n) is 5.75. The summed E-state index contributed by atoms with van der Waals surface area (Å²) in [5, 5.41) is -0.134. The number of nitrogens with zero attached hydrogens (tertiary/aromatic N) is 3. The van der Waals surface area contributed by atoms with Gasteiger partial charge in [-0.05, 0) is 31.2 Å². The quantitative estimate of drug-likeness (QED) is 0.484. The van der Waals surface area contributed by atoms with Crippen molar-refractivity contribution in [3.63, 3.8) is 0 Å². The third kappa shape index (κ3) is 4.56. The lowest BCUT2D eigenvalue weighted by Gasteiger charge is -2.22. The molecule has 0 spiro atoms. The molecule has 0 N–H and O–H groups in total. The van der Waals surface area contributed by atoms with Crippen LogP contribution in [0.2, 0.25) is 0 Å². The Morgan fingerprint density at radius 1 is 1.07 bits per heavy atom. The number of aromatic nitrogens is 2. The molecule has 8 heteroatoms. The van der Waals surface area contributed by atoms with Gasteiger partial charge in [0.15, 0.2) is 0 Å². The van der Waals surface area contributed by atoms with Crippen LogP contribution in [0.15, 0.2) is 70.7 Å². The van der Waals surface area contributed by atoms with Crippen molar-refractivity contribution in [3.05, 3.63) is 66.4 Å². The van der Waals surface area contributed by atoms with Gasteiger partial charge in [0.25, 0.3) is 0 Å². The van der Waals surface area contributed by atoms with E-state index in [0.717, 1.165) is 23.6 Å². The van der Waals surface area contributed by atoms with E-state index >= 15 is 0 Å². The van der Waals surface area contributed by atoms with E-state index in [9.17, 15) is 13.2 Å². The number of halogens is 3. The van der Waals surface area contributed by atoms with Gasteiger partial charge in [-0.2, -0.15) is 13.2 Å². The predicted octanol–water partition coefficient (Wildman–Crippen LogP) is 5.81. The highest BCUT2D eigenvalue weighted by atomic mass is 32.2. The molecule has 0 radical (unpaired) electrons. The lowest BCUT2D eigenvalue weighted by Crippen LogP contribution is -2.20. The Bertz CT molecular complexity index is 935. The molecule has 0 atom stereocenters. The minimum absolute atomic E-state index is 0.134. The summed E-state index contributed by atoms with van der Waals surface area (Å²) in [7, 11) is 1.55. The molecule has 4 nitrogen and oxygen atoms in total. The molecule has 1 heterocycles. The van der Waals surface area contributed by atoms with Crippen LogP contribution in [0.4, 0.5) is 24.8 Å². The standard InChI is InChI=1S/C20H18F3N3OS/c1-3-26(14-8-7-9-15(12-14)27-2)19-24-13-17(20(21,22)23)18(25-19)28-16-10-5-4-6-11-16/h4-13H,3H2,1-2H3. The van der Waals surface area contributed by atoms with E-state index in [1.807, 2.05) is 19.1 Å². The Balaban J connectivity index is 2.04. The highest BCUT2D eigenvalue weighted by molar-refractivity contribution is 7.99. The van der Waals surface area contributed by atoms with Gasteiger partial charge < -0.3 is 9.64 Å². The molecule has 0 bridgehead atoms. The minimum Gasteiger partial charge on any atom is -0.497 e. The molecule has 2 aromatic carbocycles. The van der Waals surface area contributed by atoms with Crippen LogP contribution in [0.1, 0.15) is 12.5 Å². The van der Waals surface area contributed by atoms with E-state index in [0.29, 0.717) is 17.2 Å². The summed E-state index contributed by atoms with van der Waals surface area (Å²) in [5.74, 6) is 0.837. The Morgan fingerprint density at radius 3 is 2.46 bits per heavy atom. The van der Waals surface area contributed by atoms with Crippen molar-refractivity contribution in [2.75, 3.05) is 18.6 Å². The van der Waals surface area contributed by atoms with E-state index in [1.165, 1.54) is 0 Å². The van der Waals surface area contributed by atoms with Crippen LogP contribution >= 0.6 is 11.8 Å². The number of rotatable bonds is 6. The first-order chi connectivity index (χ1) is 13.4. The number of hydrogen-bond acceptors (Lipinski definition) is 5. The largest absolute Gasteiger partial charge is 0.497 e. The number of anilines is 2. The number of alkyl halides is 3. The fourth-order valence-electron chi connectivity index (χ4n) is 2.58. The first-order valence-electron chi connectivity index (χ1n) is 8.51.